The number of hydrogen-bond acceptors (Lipinski definition) is 4. The molecule has 1 aromatic heterocycles. The van der Waals surface area contributed by atoms with Crippen LogP contribution >= 0.6 is 11.8 Å². The second-order valence-corrected chi connectivity index (χ2v) is 6.44. The van der Waals surface area contributed by atoms with Crippen LogP contribution in [-0.4, -0.2) is 27.0 Å². The lowest BCUT2D eigenvalue weighted by Crippen LogP contribution is -2.26. The van der Waals surface area contributed by atoms with Gasteiger partial charge < -0.3 is 5.32 Å². The van der Waals surface area contributed by atoms with E-state index in [-0.39, 0.29) is 0 Å². The second-order valence-electron chi connectivity index (χ2n) is 4.92. The number of hydrogen-bond donors (Lipinski definition) is 1. The van der Waals surface area contributed by atoms with E-state index < -0.39 is 0 Å². The Balaban J connectivity index is 1.77. The fraction of sp³-hybridized carbons (Fsp3) is 0.467. The number of fused-ring (bicyclic) bond motifs is 1. The van der Waals surface area contributed by atoms with Gasteiger partial charge in [-0.3, -0.25) is 4.98 Å². The van der Waals surface area contributed by atoms with Gasteiger partial charge >= 0.3 is 0 Å². The largest absolute Gasteiger partial charge is 0.365 e. The summed E-state index contributed by atoms with van der Waals surface area (Å²) in [5.74, 6) is 2.10. The van der Waals surface area contributed by atoms with Gasteiger partial charge in [-0.05, 0) is 30.7 Å². The van der Waals surface area contributed by atoms with E-state index in [1.165, 1.54) is 25.0 Å². The highest BCUT2D eigenvalue weighted by atomic mass is 32.2. The fourth-order valence-corrected chi connectivity index (χ4v) is 3.92. The van der Waals surface area contributed by atoms with Gasteiger partial charge in [-0.2, -0.15) is 11.8 Å². The Morgan fingerprint density at radius 1 is 1.26 bits per heavy atom. The Kier molecular flexibility index (Phi) is 3.87. The predicted octanol–water partition coefficient (Wildman–Crippen LogP) is 3.72. The molecule has 1 fully saturated rings. The van der Waals surface area contributed by atoms with Crippen LogP contribution in [0.15, 0.2) is 30.5 Å². The van der Waals surface area contributed by atoms with Gasteiger partial charge in [0.1, 0.15) is 5.82 Å². The fourth-order valence-electron chi connectivity index (χ4n) is 2.72. The van der Waals surface area contributed by atoms with Gasteiger partial charge in [0.15, 0.2) is 0 Å². The van der Waals surface area contributed by atoms with E-state index in [2.05, 4.69) is 34.0 Å². The Hall–Kier alpha value is -1.29. The first-order valence-electron chi connectivity index (χ1n) is 6.97. The van der Waals surface area contributed by atoms with Crippen LogP contribution in [0.4, 0.5) is 5.82 Å². The highest BCUT2D eigenvalue weighted by Crippen LogP contribution is 2.31. The molecule has 19 heavy (non-hydrogen) atoms. The molecule has 1 aliphatic rings. The van der Waals surface area contributed by atoms with Gasteiger partial charge in [0, 0.05) is 11.3 Å². The quantitative estimate of drug-likeness (QED) is 0.921. The number of nitrogens with zero attached hydrogens (tertiary/aromatic N) is 2. The first-order valence-corrected chi connectivity index (χ1v) is 8.01. The molecule has 0 bridgehead atoms. The topological polar surface area (TPSA) is 37.8 Å². The zero-order valence-corrected chi connectivity index (χ0v) is 12.0. The van der Waals surface area contributed by atoms with Crippen LogP contribution in [0, 0.1) is 0 Å². The molecule has 1 aromatic carbocycles. The maximum Gasteiger partial charge on any atom is 0.145 e. The smallest absolute Gasteiger partial charge is 0.145 e. The van der Waals surface area contributed by atoms with Crippen LogP contribution in [0.5, 0.6) is 0 Å². The average molecular weight is 273 g/mol. The van der Waals surface area contributed by atoms with Gasteiger partial charge in [-0.25, -0.2) is 4.98 Å². The SMILES string of the molecule is CCSC1CCCC1Nc1cnc2ccccc2n1. The number of thioether (sulfide) groups is 1. The van der Waals surface area contributed by atoms with E-state index in [4.69, 9.17) is 0 Å². The molecule has 2 aromatic rings. The lowest BCUT2D eigenvalue weighted by atomic mass is 10.2. The summed E-state index contributed by atoms with van der Waals surface area (Å²) in [5.41, 5.74) is 1.92. The van der Waals surface area contributed by atoms with Gasteiger partial charge in [0.05, 0.1) is 17.2 Å². The molecule has 0 spiro atoms. The van der Waals surface area contributed by atoms with Crippen LogP contribution in [0.1, 0.15) is 26.2 Å². The van der Waals surface area contributed by atoms with E-state index in [1.807, 2.05) is 30.5 Å². The standard InChI is InChI=1S/C15H19N3S/c1-2-19-14-9-5-8-13(14)18-15-10-16-11-6-3-4-7-12(11)17-15/h3-4,6-7,10,13-14H,2,5,8-9H2,1H3,(H,17,18). The Bertz CT molecular complexity index is 558. The van der Waals surface area contributed by atoms with Crippen molar-refractivity contribution in [2.24, 2.45) is 0 Å². The number of aromatic nitrogens is 2. The minimum Gasteiger partial charge on any atom is -0.365 e. The van der Waals surface area contributed by atoms with Crippen molar-refractivity contribution in [3.05, 3.63) is 30.5 Å². The van der Waals surface area contributed by atoms with Crippen LogP contribution in [0.3, 0.4) is 0 Å². The van der Waals surface area contributed by atoms with E-state index in [0.717, 1.165) is 22.1 Å². The molecule has 0 amide bonds. The molecule has 1 heterocycles. The number of nitrogens with one attached hydrogen (secondary N) is 1. The molecule has 1 N–H and O–H groups in total. The monoisotopic (exact) mass is 273 g/mol. The van der Waals surface area contributed by atoms with Gasteiger partial charge in [0.2, 0.25) is 0 Å². The van der Waals surface area contributed by atoms with Gasteiger partial charge in [0.25, 0.3) is 0 Å². The average Bonchev–Trinajstić information content (AvgIpc) is 2.86. The number of benzene rings is 1. The molecule has 0 saturated heterocycles. The number of rotatable bonds is 4. The van der Waals surface area contributed by atoms with Gasteiger partial charge in [-0.15, -0.1) is 0 Å². The summed E-state index contributed by atoms with van der Waals surface area (Å²) in [6.07, 6.45) is 5.73. The van der Waals surface area contributed by atoms with Crippen molar-refractivity contribution in [3.63, 3.8) is 0 Å². The molecule has 2 atom stereocenters. The maximum atomic E-state index is 4.65. The lowest BCUT2D eigenvalue weighted by Gasteiger charge is -2.20. The highest BCUT2D eigenvalue weighted by molar-refractivity contribution is 7.99. The Morgan fingerprint density at radius 3 is 2.95 bits per heavy atom. The molecule has 3 rings (SSSR count). The summed E-state index contributed by atoms with van der Waals surface area (Å²) >= 11 is 2.06. The summed E-state index contributed by atoms with van der Waals surface area (Å²) < 4.78 is 0. The summed E-state index contributed by atoms with van der Waals surface area (Å²) in [6, 6.07) is 8.55. The molecular weight excluding hydrogens is 254 g/mol. The Labute approximate surface area is 118 Å². The molecule has 3 nitrogen and oxygen atoms in total. The van der Waals surface area contributed by atoms with Crippen molar-refractivity contribution in [2.75, 3.05) is 11.1 Å². The van der Waals surface area contributed by atoms with Crippen molar-refractivity contribution in [3.8, 4) is 0 Å². The number of para-hydroxylation sites is 2. The molecule has 4 heteroatoms. The van der Waals surface area contributed by atoms with Crippen molar-refractivity contribution >= 4 is 28.6 Å². The van der Waals surface area contributed by atoms with E-state index in [9.17, 15) is 0 Å². The minimum atomic E-state index is 0.542. The molecule has 0 aliphatic heterocycles. The van der Waals surface area contributed by atoms with Crippen molar-refractivity contribution in [1.82, 2.24) is 9.97 Å². The van der Waals surface area contributed by atoms with Crippen LogP contribution in [0.25, 0.3) is 11.0 Å². The van der Waals surface area contributed by atoms with Crippen molar-refractivity contribution < 1.29 is 0 Å². The zero-order valence-electron chi connectivity index (χ0n) is 11.2. The second kappa shape index (κ2) is 5.78. The normalized spacial score (nSPS) is 22.8. The van der Waals surface area contributed by atoms with Crippen LogP contribution < -0.4 is 5.32 Å². The molecule has 100 valence electrons. The molecule has 2 unspecified atom stereocenters. The highest BCUT2D eigenvalue weighted by Gasteiger charge is 2.27. The van der Waals surface area contributed by atoms with Crippen molar-refractivity contribution in [2.45, 2.75) is 37.5 Å². The first-order chi connectivity index (χ1) is 9.36. The van der Waals surface area contributed by atoms with Crippen molar-refractivity contribution in [1.29, 1.82) is 0 Å². The molecular formula is C15H19N3S. The minimum absolute atomic E-state index is 0.542. The Morgan fingerprint density at radius 2 is 2.11 bits per heavy atom. The summed E-state index contributed by atoms with van der Waals surface area (Å²) in [7, 11) is 0. The zero-order chi connectivity index (χ0) is 13.1. The third-order valence-corrected chi connectivity index (χ3v) is 4.94. The summed E-state index contributed by atoms with van der Waals surface area (Å²) in [6.45, 7) is 2.23. The lowest BCUT2D eigenvalue weighted by molar-refractivity contribution is 0.762. The number of anilines is 1. The predicted molar refractivity (Wildman–Crippen MR) is 82.7 cm³/mol. The third-order valence-electron chi connectivity index (χ3n) is 3.62. The summed E-state index contributed by atoms with van der Waals surface area (Å²) in [4.78, 5) is 9.11. The summed E-state index contributed by atoms with van der Waals surface area (Å²) in [5, 5.41) is 4.29. The molecule has 1 aliphatic carbocycles. The van der Waals surface area contributed by atoms with Gasteiger partial charge in [-0.1, -0.05) is 25.5 Å². The first kappa shape index (κ1) is 12.7. The maximum absolute atomic E-state index is 4.65. The molecule has 0 radical (unpaired) electrons. The van der Waals surface area contributed by atoms with E-state index in [1.54, 1.807) is 0 Å². The van der Waals surface area contributed by atoms with E-state index >= 15 is 0 Å². The third kappa shape index (κ3) is 2.84. The molecule has 1 saturated carbocycles. The van der Waals surface area contributed by atoms with Crippen LogP contribution in [-0.2, 0) is 0 Å². The van der Waals surface area contributed by atoms with E-state index in [0.29, 0.717) is 6.04 Å². The van der Waals surface area contributed by atoms with Crippen LogP contribution in [0.2, 0.25) is 0 Å².